The summed E-state index contributed by atoms with van der Waals surface area (Å²) < 4.78 is 8.93. The number of piperidine rings is 1. The van der Waals surface area contributed by atoms with Gasteiger partial charge >= 0.3 is 5.69 Å². The molecule has 2 aromatic carbocycles. The van der Waals surface area contributed by atoms with Crippen LogP contribution in [0.2, 0.25) is 0 Å². The quantitative estimate of drug-likeness (QED) is 0.647. The second-order valence-electron chi connectivity index (χ2n) is 9.33. The maximum atomic E-state index is 13.4. The van der Waals surface area contributed by atoms with E-state index in [0.717, 1.165) is 55.6 Å². The van der Waals surface area contributed by atoms with Crippen LogP contribution >= 0.6 is 0 Å². The minimum Gasteiger partial charge on any atom is -0.497 e. The molecule has 3 aromatic rings. The number of carbonyl (C=O) groups excluding carboxylic acids is 1. The SMILES string of the molecule is COc1ccc2c(c1)C(N1CCC(n3c(=O)n(C(C)C(N)=O)c4ccccc43)CC1)CCC2. The highest BCUT2D eigenvalue weighted by Gasteiger charge is 2.32. The minimum absolute atomic E-state index is 0.105. The smallest absolute Gasteiger partial charge is 0.330 e. The standard InChI is InChI=1S/C26H32N4O3/c1-17(25(27)31)29-23-7-3-4-8-24(23)30(26(29)32)19-12-14-28(15-13-19)22-9-5-6-18-10-11-20(33-2)16-21(18)22/h3-4,7-8,10-11,16-17,19,22H,5-6,9,12-15H2,1-2H3,(H2,27,31). The van der Waals surface area contributed by atoms with Crippen LogP contribution in [-0.4, -0.2) is 40.1 Å². The first-order valence-corrected chi connectivity index (χ1v) is 11.9. The molecule has 1 saturated heterocycles. The summed E-state index contributed by atoms with van der Waals surface area (Å²) in [5.41, 5.74) is 9.87. The van der Waals surface area contributed by atoms with Gasteiger partial charge < -0.3 is 10.5 Å². The first-order chi connectivity index (χ1) is 16.0. The number of aryl methyl sites for hydroxylation is 1. The lowest BCUT2D eigenvalue weighted by molar-refractivity contribution is -0.120. The molecule has 33 heavy (non-hydrogen) atoms. The van der Waals surface area contributed by atoms with Crippen molar-refractivity contribution in [1.29, 1.82) is 0 Å². The topological polar surface area (TPSA) is 82.5 Å². The Balaban J connectivity index is 1.42. The predicted molar refractivity (Wildman–Crippen MR) is 129 cm³/mol. The molecule has 1 aliphatic heterocycles. The lowest BCUT2D eigenvalue weighted by Gasteiger charge is -2.40. The van der Waals surface area contributed by atoms with Crippen LogP contribution < -0.4 is 16.2 Å². The number of benzene rings is 2. The van der Waals surface area contributed by atoms with Gasteiger partial charge in [-0.25, -0.2) is 4.79 Å². The van der Waals surface area contributed by atoms with Gasteiger partial charge in [-0.05, 0) is 74.4 Å². The second-order valence-corrected chi connectivity index (χ2v) is 9.33. The van der Waals surface area contributed by atoms with Crippen molar-refractivity contribution in [3.8, 4) is 5.75 Å². The molecule has 0 saturated carbocycles. The molecular formula is C26H32N4O3. The van der Waals surface area contributed by atoms with Gasteiger partial charge in [0, 0.05) is 25.2 Å². The van der Waals surface area contributed by atoms with Crippen LogP contribution in [0, 0.1) is 0 Å². The molecule has 1 aromatic heterocycles. The molecule has 1 fully saturated rings. The van der Waals surface area contributed by atoms with Crippen molar-refractivity contribution in [3.63, 3.8) is 0 Å². The molecule has 0 radical (unpaired) electrons. The van der Waals surface area contributed by atoms with Crippen molar-refractivity contribution in [2.45, 2.75) is 57.2 Å². The van der Waals surface area contributed by atoms with Gasteiger partial charge in [-0.3, -0.25) is 18.8 Å². The Morgan fingerprint density at radius 1 is 1.09 bits per heavy atom. The van der Waals surface area contributed by atoms with Gasteiger partial charge in [0.25, 0.3) is 0 Å². The summed E-state index contributed by atoms with van der Waals surface area (Å²) in [6.07, 6.45) is 5.27. The molecule has 1 amide bonds. The highest BCUT2D eigenvalue weighted by molar-refractivity contribution is 5.82. The van der Waals surface area contributed by atoms with Crippen LogP contribution in [0.25, 0.3) is 11.0 Å². The number of primary amides is 1. The number of imidazole rings is 1. The van der Waals surface area contributed by atoms with E-state index in [4.69, 9.17) is 10.5 Å². The number of hydrogen-bond donors (Lipinski definition) is 1. The van der Waals surface area contributed by atoms with E-state index in [-0.39, 0.29) is 11.7 Å². The molecular weight excluding hydrogens is 416 g/mol. The monoisotopic (exact) mass is 448 g/mol. The minimum atomic E-state index is -0.683. The number of hydrogen-bond acceptors (Lipinski definition) is 4. The van der Waals surface area contributed by atoms with Gasteiger partial charge in [0.1, 0.15) is 11.8 Å². The summed E-state index contributed by atoms with van der Waals surface area (Å²) in [7, 11) is 1.72. The maximum Gasteiger partial charge on any atom is 0.330 e. The number of aromatic nitrogens is 2. The Labute approximate surface area is 193 Å². The van der Waals surface area contributed by atoms with Gasteiger partial charge in [-0.15, -0.1) is 0 Å². The zero-order chi connectivity index (χ0) is 23.1. The number of nitrogens with two attached hydrogens (primary N) is 1. The molecule has 2 atom stereocenters. The number of fused-ring (bicyclic) bond motifs is 2. The molecule has 7 heteroatoms. The molecule has 2 heterocycles. The number of rotatable bonds is 5. The predicted octanol–water partition coefficient (Wildman–Crippen LogP) is 3.57. The van der Waals surface area contributed by atoms with E-state index in [9.17, 15) is 9.59 Å². The Kier molecular flexibility index (Phi) is 5.74. The third-order valence-corrected chi connectivity index (χ3v) is 7.55. The number of methoxy groups -OCH3 is 1. The maximum absolute atomic E-state index is 13.4. The summed E-state index contributed by atoms with van der Waals surface area (Å²) in [4.78, 5) is 27.9. The Hall–Kier alpha value is -3.06. The summed E-state index contributed by atoms with van der Waals surface area (Å²) in [6.45, 7) is 3.56. The molecule has 0 spiro atoms. The number of para-hydroxylation sites is 2. The largest absolute Gasteiger partial charge is 0.497 e. The van der Waals surface area contributed by atoms with Crippen LogP contribution in [-0.2, 0) is 11.2 Å². The van der Waals surface area contributed by atoms with Crippen LogP contribution in [0.5, 0.6) is 5.75 Å². The van der Waals surface area contributed by atoms with E-state index >= 15 is 0 Å². The molecule has 0 bridgehead atoms. The second kappa shape index (κ2) is 8.71. The summed E-state index contributed by atoms with van der Waals surface area (Å²) in [5, 5.41) is 0. The van der Waals surface area contributed by atoms with Crippen molar-refractivity contribution in [3.05, 3.63) is 64.1 Å². The Morgan fingerprint density at radius 3 is 2.52 bits per heavy atom. The number of amides is 1. The van der Waals surface area contributed by atoms with Gasteiger partial charge in [-0.2, -0.15) is 0 Å². The molecule has 174 valence electrons. The molecule has 2 N–H and O–H groups in total. The number of ether oxygens (including phenoxy) is 1. The zero-order valence-electron chi connectivity index (χ0n) is 19.4. The Bertz CT molecular complexity index is 1240. The van der Waals surface area contributed by atoms with Crippen molar-refractivity contribution < 1.29 is 9.53 Å². The van der Waals surface area contributed by atoms with Crippen molar-refractivity contribution >= 4 is 16.9 Å². The normalized spacial score (nSPS) is 20.5. The van der Waals surface area contributed by atoms with Crippen LogP contribution in [0.15, 0.2) is 47.3 Å². The number of likely N-dealkylation sites (tertiary alicyclic amines) is 1. The molecule has 7 nitrogen and oxygen atoms in total. The average Bonchev–Trinajstić information content (AvgIpc) is 3.14. The van der Waals surface area contributed by atoms with Gasteiger partial charge in [0.15, 0.2) is 0 Å². The van der Waals surface area contributed by atoms with Crippen LogP contribution in [0.1, 0.15) is 61.9 Å². The average molecular weight is 449 g/mol. The molecule has 1 aliphatic carbocycles. The van der Waals surface area contributed by atoms with E-state index in [1.54, 1.807) is 18.6 Å². The van der Waals surface area contributed by atoms with Crippen LogP contribution in [0.4, 0.5) is 0 Å². The summed E-state index contributed by atoms with van der Waals surface area (Å²) in [6, 6.07) is 14.0. The highest BCUT2D eigenvalue weighted by Crippen LogP contribution is 2.39. The zero-order valence-corrected chi connectivity index (χ0v) is 19.4. The van der Waals surface area contributed by atoms with Crippen molar-refractivity contribution in [2.75, 3.05) is 20.2 Å². The number of carbonyl (C=O) groups is 1. The Morgan fingerprint density at radius 2 is 1.82 bits per heavy atom. The van der Waals surface area contributed by atoms with Crippen LogP contribution in [0.3, 0.4) is 0 Å². The van der Waals surface area contributed by atoms with E-state index in [2.05, 4.69) is 23.1 Å². The first-order valence-electron chi connectivity index (χ1n) is 11.9. The fraction of sp³-hybridized carbons (Fsp3) is 0.462. The fourth-order valence-electron chi connectivity index (χ4n) is 5.76. The van der Waals surface area contributed by atoms with E-state index in [1.807, 2.05) is 28.8 Å². The highest BCUT2D eigenvalue weighted by atomic mass is 16.5. The van der Waals surface area contributed by atoms with Gasteiger partial charge in [0.05, 0.1) is 18.1 Å². The summed E-state index contributed by atoms with van der Waals surface area (Å²) >= 11 is 0. The first kappa shape index (κ1) is 21.8. The van der Waals surface area contributed by atoms with E-state index in [0.29, 0.717) is 6.04 Å². The van der Waals surface area contributed by atoms with Gasteiger partial charge in [-0.1, -0.05) is 18.2 Å². The van der Waals surface area contributed by atoms with Crippen molar-refractivity contribution in [2.24, 2.45) is 5.73 Å². The lowest BCUT2D eigenvalue weighted by atomic mass is 9.85. The summed E-state index contributed by atoms with van der Waals surface area (Å²) in [5.74, 6) is 0.416. The molecule has 2 aliphatic rings. The van der Waals surface area contributed by atoms with Gasteiger partial charge in [0.2, 0.25) is 5.91 Å². The lowest BCUT2D eigenvalue weighted by Crippen LogP contribution is -2.41. The third kappa shape index (κ3) is 3.74. The fourth-order valence-corrected chi connectivity index (χ4v) is 5.76. The van der Waals surface area contributed by atoms with Crippen molar-refractivity contribution in [1.82, 2.24) is 14.0 Å². The third-order valence-electron chi connectivity index (χ3n) is 7.55. The number of nitrogens with zero attached hydrogens (tertiary/aromatic N) is 3. The molecule has 2 unspecified atom stereocenters. The van der Waals surface area contributed by atoms with E-state index in [1.165, 1.54) is 17.5 Å². The van der Waals surface area contributed by atoms with E-state index < -0.39 is 11.9 Å². The molecule has 5 rings (SSSR count).